The Morgan fingerprint density at radius 3 is 1.60 bits per heavy atom. The van der Waals surface area contributed by atoms with Crippen LogP contribution in [0.4, 0.5) is 0 Å². The van der Waals surface area contributed by atoms with Crippen LogP contribution in [0.15, 0.2) is 24.3 Å². The first kappa shape index (κ1) is 49.2. The minimum absolute atomic E-state index is 0.221. The number of aliphatic hydroxyl groups is 4. The predicted octanol–water partition coefficient (Wildman–Crippen LogP) is 8.55. The third-order valence-electron chi connectivity index (χ3n) is 9.84. The van der Waals surface area contributed by atoms with Crippen LogP contribution in [0.5, 0.6) is 0 Å². The summed E-state index contributed by atoms with van der Waals surface area (Å²) in [6.07, 6.45) is 28.9. The van der Waals surface area contributed by atoms with Crippen LogP contribution < -0.4 is 0 Å². The summed E-state index contributed by atoms with van der Waals surface area (Å²) in [6, 6.07) is 0. The molecule has 6 atom stereocenters. The lowest BCUT2D eigenvalue weighted by Crippen LogP contribution is -2.59. The van der Waals surface area contributed by atoms with Crippen molar-refractivity contribution in [1.29, 1.82) is 0 Å². The Labute approximate surface area is 322 Å². The van der Waals surface area contributed by atoms with Crippen LogP contribution >= 0.6 is 0 Å². The number of carbonyl (C=O) groups excluding carboxylic acids is 2. The first-order valence-electron chi connectivity index (χ1n) is 21.4. The number of allylic oxidation sites excluding steroid dienone is 4. The second-order valence-corrected chi connectivity index (χ2v) is 14.8. The van der Waals surface area contributed by atoms with E-state index < -0.39 is 49.4 Å². The molecule has 10 nitrogen and oxygen atoms in total. The van der Waals surface area contributed by atoms with Gasteiger partial charge in [0.15, 0.2) is 12.4 Å². The van der Waals surface area contributed by atoms with Gasteiger partial charge in [-0.1, -0.05) is 147 Å². The zero-order valence-corrected chi connectivity index (χ0v) is 33.5. The van der Waals surface area contributed by atoms with E-state index in [1.807, 2.05) is 0 Å². The van der Waals surface area contributed by atoms with Crippen molar-refractivity contribution in [3.05, 3.63) is 24.3 Å². The number of hydrogen-bond donors (Lipinski definition) is 4. The summed E-state index contributed by atoms with van der Waals surface area (Å²) in [5, 5.41) is 40.0. The fourth-order valence-corrected chi connectivity index (χ4v) is 6.39. The molecule has 0 aromatic rings. The van der Waals surface area contributed by atoms with Gasteiger partial charge in [0, 0.05) is 12.8 Å². The van der Waals surface area contributed by atoms with Crippen LogP contribution in [0, 0.1) is 0 Å². The van der Waals surface area contributed by atoms with E-state index in [2.05, 4.69) is 38.2 Å². The van der Waals surface area contributed by atoms with Crippen molar-refractivity contribution in [3.63, 3.8) is 0 Å². The third kappa shape index (κ3) is 26.6. The maximum atomic E-state index is 12.7. The van der Waals surface area contributed by atoms with Crippen LogP contribution in [-0.2, 0) is 28.5 Å². The van der Waals surface area contributed by atoms with Crippen LogP contribution in [-0.4, -0.2) is 89.0 Å². The number of ether oxygens (including phenoxy) is 4. The van der Waals surface area contributed by atoms with Gasteiger partial charge in [0.1, 0.15) is 31.0 Å². The van der Waals surface area contributed by atoms with Crippen molar-refractivity contribution in [3.8, 4) is 0 Å². The molecule has 1 fully saturated rings. The first-order chi connectivity index (χ1) is 25.8. The molecule has 53 heavy (non-hydrogen) atoms. The summed E-state index contributed by atoms with van der Waals surface area (Å²) in [5.74, 6) is -0.818. The summed E-state index contributed by atoms with van der Waals surface area (Å²) in [7, 11) is 0. The summed E-state index contributed by atoms with van der Waals surface area (Å²) in [5.41, 5.74) is 0. The number of hydrogen-bond acceptors (Lipinski definition) is 10. The monoisotopic (exact) mass is 755 g/mol. The van der Waals surface area contributed by atoms with E-state index in [9.17, 15) is 30.0 Å². The SMILES string of the molecule is CCCCC/C=C\C/C=C\CCCCCCCC(=O)OC[C@H](COC1OC(CO)C(O)C(O)C1O)OC(=O)CCCCCCCCCCCCCCC. The highest BCUT2D eigenvalue weighted by Gasteiger charge is 2.44. The molecular weight excluding hydrogens is 676 g/mol. The number of rotatable bonds is 35. The molecule has 0 spiro atoms. The van der Waals surface area contributed by atoms with Gasteiger partial charge in [-0.2, -0.15) is 0 Å². The van der Waals surface area contributed by atoms with Gasteiger partial charge in [-0.25, -0.2) is 0 Å². The van der Waals surface area contributed by atoms with Crippen molar-refractivity contribution in [2.24, 2.45) is 0 Å². The molecular formula is C43H78O10. The number of carbonyl (C=O) groups is 2. The molecule has 4 N–H and O–H groups in total. The highest BCUT2D eigenvalue weighted by molar-refractivity contribution is 5.70. The first-order valence-corrected chi connectivity index (χ1v) is 21.4. The molecule has 310 valence electrons. The molecule has 0 bridgehead atoms. The smallest absolute Gasteiger partial charge is 0.306 e. The normalized spacial score (nSPS) is 21.1. The predicted molar refractivity (Wildman–Crippen MR) is 210 cm³/mol. The van der Waals surface area contributed by atoms with Crippen molar-refractivity contribution in [2.45, 2.75) is 218 Å². The van der Waals surface area contributed by atoms with Crippen molar-refractivity contribution < 1.29 is 49.0 Å². The zero-order valence-electron chi connectivity index (χ0n) is 33.5. The van der Waals surface area contributed by atoms with Gasteiger partial charge in [0.25, 0.3) is 0 Å². The number of esters is 2. The summed E-state index contributed by atoms with van der Waals surface area (Å²) in [6.45, 7) is 3.38. The van der Waals surface area contributed by atoms with Gasteiger partial charge in [-0.05, 0) is 44.9 Å². The van der Waals surface area contributed by atoms with Crippen molar-refractivity contribution in [2.75, 3.05) is 19.8 Å². The van der Waals surface area contributed by atoms with Crippen LogP contribution in [0.3, 0.4) is 0 Å². The Bertz CT molecular complexity index is 923. The van der Waals surface area contributed by atoms with Gasteiger partial charge < -0.3 is 39.4 Å². The van der Waals surface area contributed by atoms with E-state index in [0.717, 1.165) is 57.8 Å². The molecule has 1 rings (SSSR count). The van der Waals surface area contributed by atoms with Crippen molar-refractivity contribution >= 4 is 11.9 Å². The second kappa shape index (κ2) is 34.7. The highest BCUT2D eigenvalue weighted by Crippen LogP contribution is 2.22. The lowest BCUT2D eigenvalue weighted by Gasteiger charge is -2.39. The van der Waals surface area contributed by atoms with E-state index in [1.54, 1.807) is 0 Å². The number of unbranched alkanes of at least 4 members (excludes halogenated alkanes) is 20. The molecule has 0 aromatic carbocycles. The molecule has 1 aliphatic heterocycles. The molecule has 0 amide bonds. The van der Waals surface area contributed by atoms with Crippen LogP contribution in [0.2, 0.25) is 0 Å². The van der Waals surface area contributed by atoms with E-state index in [1.165, 1.54) is 83.5 Å². The number of aliphatic hydroxyl groups excluding tert-OH is 4. The fraction of sp³-hybridized carbons (Fsp3) is 0.860. The molecule has 0 saturated carbocycles. The largest absolute Gasteiger partial charge is 0.462 e. The molecule has 0 aliphatic carbocycles. The van der Waals surface area contributed by atoms with Gasteiger partial charge >= 0.3 is 11.9 Å². The summed E-state index contributed by atoms with van der Waals surface area (Å²) in [4.78, 5) is 25.2. The van der Waals surface area contributed by atoms with Crippen LogP contribution in [0.1, 0.15) is 181 Å². The van der Waals surface area contributed by atoms with Crippen molar-refractivity contribution in [1.82, 2.24) is 0 Å². The fourth-order valence-electron chi connectivity index (χ4n) is 6.39. The average molecular weight is 755 g/mol. The molecule has 5 unspecified atom stereocenters. The Hall–Kier alpha value is -1.82. The lowest BCUT2D eigenvalue weighted by molar-refractivity contribution is -0.305. The average Bonchev–Trinajstić information content (AvgIpc) is 3.15. The zero-order chi connectivity index (χ0) is 38.8. The Balaban J connectivity index is 2.36. The Kier molecular flexibility index (Phi) is 32.2. The Morgan fingerprint density at radius 1 is 0.585 bits per heavy atom. The standard InChI is InChI=1S/C43H78O10/c1-3-5-7-9-11-13-15-17-18-20-21-23-25-27-29-31-38(45)50-34-36(35-51-43-42(49)41(48)40(47)37(33-44)53-43)52-39(46)32-30-28-26-24-22-19-16-14-12-10-8-6-4-2/h11,13,17-18,36-37,40-44,47-49H,3-10,12,14-16,19-35H2,1-2H3/b13-11-,18-17-/t36-,37?,40?,41?,42?,43?/m1/s1. The van der Waals surface area contributed by atoms with E-state index >= 15 is 0 Å². The van der Waals surface area contributed by atoms with Gasteiger partial charge in [0.2, 0.25) is 0 Å². The Morgan fingerprint density at radius 2 is 1.06 bits per heavy atom. The molecule has 1 aliphatic rings. The van der Waals surface area contributed by atoms with E-state index in [4.69, 9.17) is 18.9 Å². The van der Waals surface area contributed by atoms with Crippen LogP contribution in [0.25, 0.3) is 0 Å². The minimum Gasteiger partial charge on any atom is -0.462 e. The molecule has 1 heterocycles. The molecule has 1 saturated heterocycles. The van der Waals surface area contributed by atoms with Gasteiger partial charge in [-0.3, -0.25) is 9.59 Å². The third-order valence-corrected chi connectivity index (χ3v) is 9.84. The summed E-state index contributed by atoms with van der Waals surface area (Å²) < 4.78 is 22.1. The molecule has 10 heteroatoms. The van der Waals surface area contributed by atoms with E-state index in [0.29, 0.717) is 12.8 Å². The van der Waals surface area contributed by atoms with Gasteiger partial charge in [0.05, 0.1) is 13.2 Å². The van der Waals surface area contributed by atoms with Gasteiger partial charge in [-0.15, -0.1) is 0 Å². The van der Waals surface area contributed by atoms with E-state index in [-0.39, 0.29) is 32.0 Å². The highest BCUT2D eigenvalue weighted by atomic mass is 16.7. The molecule has 0 radical (unpaired) electrons. The quantitative estimate of drug-likeness (QED) is 0.0281. The lowest BCUT2D eigenvalue weighted by atomic mass is 9.99. The summed E-state index contributed by atoms with van der Waals surface area (Å²) >= 11 is 0. The maximum absolute atomic E-state index is 12.7. The topological polar surface area (TPSA) is 152 Å². The minimum atomic E-state index is -1.59. The second-order valence-electron chi connectivity index (χ2n) is 14.8. The maximum Gasteiger partial charge on any atom is 0.306 e. The molecule has 0 aromatic heterocycles.